The molecule has 174 valence electrons. The number of rotatable bonds is 5. The molecule has 0 saturated heterocycles. The van der Waals surface area contributed by atoms with Gasteiger partial charge in [0.2, 0.25) is 0 Å². The maximum Gasteiger partial charge on any atom is 0.336 e. The number of para-hydroxylation sites is 1. The molecule has 1 aromatic heterocycles. The third-order valence-electron chi connectivity index (χ3n) is 6.01. The first-order valence-corrected chi connectivity index (χ1v) is 11.0. The molecule has 0 amide bonds. The van der Waals surface area contributed by atoms with Gasteiger partial charge in [0.15, 0.2) is 5.43 Å². The van der Waals surface area contributed by atoms with E-state index in [4.69, 9.17) is 9.15 Å². The van der Waals surface area contributed by atoms with Gasteiger partial charge in [0.1, 0.15) is 11.3 Å². The zero-order valence-electron chi connectivity index (χ0n) is 19.4. The van der Waals surface area contributed by atoms with E-state index >= 15 is 0 Å². The zero-order valence-corrected chi connectivity index (χ0v) is 19.4. The van der Waals surface area contributed by atoms with E-state index in [1.165, 1.54) is 0 Å². The highest BCUT2D eigenvalue weighted by Gasteiger charge is 2.38. The molecule has 7 nitrogen and oxygen atoms in total. The fourth-order valence-electron chi connectivity index (χ4n) is 4.49. The van der Waals surface area contributed by atoms with Crippen molar-refractivity contribution >= 4 is 22.9 Å². The Morgan fingerprint density at radius 2 is 1.68 bits per heavy atom. The van der Waals surface area contributed by atoms with Crippen LogP contribution in [0.5, 0.6) is 0 Å². The maximum atomic E-state index is 13.3. The van der Waals surface area contributed by atoms with Crippen molar-refractivity contribution in [2.75, 3.05) is 6.61 Å². The molecule has 0 saturated carbocycles. The van der Waals surface area contributed by atoms with Crippen LogP contribution >= 0.6 is 0 Å². The van der Waals surface area contributed by atoms with Gasteiger partial charge in [0.05, 0.1) is 29.1 Å². The molecule has 2 heterocycles. The van der Waals surface area contributed by atoms with Crippen molar-refractivity contribution in [2.24, 2.45) is 0 Å². The van der Waals surface area contributed by atoms with E-state index in [0.717, 1.165) is 5.56 Å². The van der Waals surface area contributed by atoms with E-state index in [1.807, 2.05) is 30.3 Å². The number of carboxylic acid groups (broad SMARTS) is 1. The van der Waals surface area contributed by atoms with Crippen molar-refractivity contribution in [1.29, 1.82) is 0 Å². The molecule has 4 rings (SSSR count). The highest BCUT2D eigenvalue weighted by molar-refractivity contribution is 6.01. The normalized spacial score (nSPS) is 15.9. The van der Waals surface area contributed by atoms with Gasteiger partial charge in [-0.15, -0.1) is 0 Å². The second-order valence-corrected chi connectivity index (χ2v) is 8.14. The van der Waals surface area contributed by atoms with Crippen molar-refractivity contribution in [1.82, 2.24) is 5.32 Å². The quantitative estimate of drug-likeness (QED) is 0.535. The minimum absolute atomic E-state index is 0.00867. The van der Waals surface area contributed by atoms with Crippen LogP contribution in [0.4, 0.5) is 0 Å². The molecular formula is C27H25NO6. The summed E-state index contributed by atoms with van der Waals surface area (Å²) in [7, 11) is 0. The summed E-state index contributed by atoms with van der Waals surface area (Å²) in [5.74, 6) is -2.40. The fourth-order valence-corrected chi connectivity index (χ4v) is 4.49. The zero-order chi connectivity index (χ0) is 24.6. The number of carboxylic acids is 1. The van der Waals surface area contributed by atoms with Gasteiger partial charge >= 0.3 is 11.9 Å². The van der Waals surface area contributed by atoms with Crippen LogP contribution in [0.25, 0.3) is 22.3 Å². The fraction of sp³-hybridized carbons (Fsp3) is 0.222. The van der Waals surface area contributed by atoms with E-state index in [1.54, 1.807) is 45.9 Å². The molecule has 2 aromatic carbocycles. The summed E-state index contributed by atoms with van der Waals surface area (Å²) in [5, 5.41) is 13.4. The van der Waals surface area contributed by atoms with Crippen LogP contribution in [-0.4, -0.2) is 23.7 Å². The Morgan fingerprint density at radius 1 is 1.00 bits per heavy atom. The second kappa shape index (κ2) is 9.02. The van der Waals surface area contributed by atoms with Crippen molar-refractivity contribution < 1.29 is 23.8 Å². The van der Waals surface area contributed by atoms with Crippen LogP contribution in [0, 0.1) is 6.92 Å². The predicted octanol–water partition coefficient (Wildman–Crippen LogP) is 4.65. The number of nitrogens with one attached hydrogen (secondary N) is 1. The van der Waals surface area contributed by atoms with Crippen molar-refractivity contribution in [3.05, 3.63) is 92.4 Å². The number of allylic oxidation sites excluding steroid dienone is 2. The Kier molecular flexibility index (Phi) is 6.11. The summed E-state index contributed by atoms with van der Waals surface area (Å²) in [6.07, 6.45) is 0. The van der Waals surface area contributed by atoms with Gasteiger partial charge in [-0.25, -0.2) is 9.59 Å². The van der Waals surface area contributed by atoms with Gasteiger partial charge in [-0.2, -0.15) is 0 Å². The summed E-state index contributed by atoms with van der Waals surface area (Å²) < 4.78 is 11.6. The molecule has 3 aromatic rings. The molecule has 1 aliphatic rings. The topological polar surface area (TPSA) is 106 Å². The summed E-state index contributed by atoms with van der Waals surface area (Å²) in [6, 6.07) is 14.2. The molecule has 0 fully saturated rings. The monoisotopic (exact) mass is 459 g/mol. The van der Waals surface area contributed by atoms with Gasteiger partial charge in [-0.3, -0.25) is 4.79 Å². The standard InChI is InChI=1S/C27H25NO6/c1-5-33-27(32)21-16(4)28-15(3)20(26(30)31)22(21)18-12-9-13-19-23(29)14(2)24(34-25(18)19)17-10-7-6-8-11-17/h6-13,22,28H,5H2,1-4H3,(H,30,31). The smallest absolute Gasteiger partial charge is 0.336 e. The summed E-state index contributed by atoms with van der Waals surface area (Å²) in [5.41, 5.74) is 2.65. The Balaban J connectivity index is 2.08. The molecule has 0 bridgehead atoms. The number of ether oxygens (including phenoxy) is 1. The first kappa shape index (κ1) is 23.0. The van der Waals surface area contributed by atoms with E-state index in [-0.39, 0.29) is 28.8 Å². The van der Waals surface area contributed by atoms with E-state index < -0.39 is 17.9 Å². The lowest BCUT2D eigenvalue weighted by Crippen LogP contribution is -2.32. The van der Waals surface area contributed by atoms with Crippen molar-refractivity contribution in [3.8, 4) is 11.3 Å². The number of esters is 1. The number of fused-ring (bicyclic) bond motifs is 1. The highest BCUT2D eigenvalue weighted by atomic mass is 16.5. The molecule has 0 spiro atoms. The van der Waals surface area contributed by atoms with Gasteiger partial charge in [0.25, 0.3) is 0 Å². The van der Waals surface area contributed by atoms with Gasteiger partial charge in [0, 0.05) is 28.1 Å². The third kappa shape index (κ3) is 3.79. The van der Waals surface area contributed by atoms with E-state index in [9.17, 15) is 19.5 Å². The minimum atomic E-state index is -1.18. The Morgan fingerprint density at radius 3 is 2.32 bits per heavy atom. The molecule has 2 N–H and O–H groups in total. The number of carbonyl (C=O) groups excluding carboxylic acids is 1. The van der Waals surface area contributed by atoms with Crippen LogP contribution < -0.4 is 10.7 Å². The number of hydrogen-bond donors (Lipinski definition) is 2. The van der Waals surface area contributed by atoms with Crippen molar-refractivity contribution in [2.45, 2.75) is 33.6 Å². The van der Waals surface area contributed by atoms with Gasteiger partial charge in [-0.05, 0) is 33.8 Å². The molecule has 0 aliphatic carbocycles. The number of dihydropyridines is 1. The molecule has 1 atom stereocenters. The Labute approximate surface area is 196 Å². The van der Waals surface area contributed by atoms with E-state index in [2.05, 4.69) is 5.32 Å². The molecule has 7 heteroatoms. The number of carbonyl (C=O) groups is 2. The average Bonchev–Trinajstić information content (AvgIpc) is 2.81. The van der Waals surface area contributed by atoms with Crippen molar-refractivity contribution in [3.63, 3.8) is 0 Å². The molecule has 1 unspecified atom stereocenters. The molecule has 1 aliphatic heterocycles. The number of benzene rings is 2. The van der Waals surface area contributed by atoms with Crippen LogP contribution in [0.2, 0.25) is 0 Å². The predicted molar refractivity (Wildman–Crippen MR) is 128 cm³/mol. The van der Waals surface area contributed by atoms with E-state index in [0.29, 0.717) is 33.7 Å². The van der Waals surface area contributed by atoms with Gasteiger partial charge in [-0.1, -0.05) is 42.5 Å². The average molecular weight is 459 g/mol. The Bertz CT molecular complexity index is 1430. The first-order valence-electron chi connectivity index (χ1n) is 11.0. The lowest BCUT2D eigenvalue weighted by Gasteiger charge is -2.30. The van der Waals surface area contributed by atoms with Crippen LogP contribution in [0.15, 0.2) is 80.3 Å². The molecule has 0 radical (unpaired) electrons. The number of aliphatic carboxylic acids is 1. The summed E-state index contributed by atoms with van der Waals surface area (Å²) >= 11 is 0. The maximum absolute atomic E-state index is 13.3. The number of hydrogen-bond acceptors (Lipinski definition) is 6. The van der Waals surface area contributed by atoms with Gasteiger partial charge < -0.3 is 19.6 Å². The lowest BCUT2D eigenvalue weighted by atomic mass is 9.79. The highest BCUT2D eigenvalue weighted by Crippen LogP contribution is 2.42. The lowest BCUT2D eigenvalue weighted by molar-refractivity contribution is -0.138. The first-order chi connectivity index (χ1) is 16.3. The van der Waals surface area contributed by atoms with Crippen LogP contribution in [-0.2, 0) is 14.3 Å². The summed E-state index contributed by atoms with van der Waals surface area (Å²) in [6.45, 7) is 6.86. The molecular weight excluding hydrogens is 434 g/mol. The molecule has 34 heavy (non-hydrogen) atoms. The minimum Gasteiger partial charge on any atom is -0.478 e. The van der Waals surface area contributed by atoms with Crippen LogP contribution in [0.1, 0.15) is 37.8 Å². The summed E-state index contributed by atoms with van der Waals surface area (Å²) in [4.78, 5) is 38.7. The SMILES string of the molecule is CCOC(=O)C1=C(C)NC(C)=C(C(=O)O)C1c1cccc2c(=O)c(C)c(-c3ccccc3)oc12. The van der Waals surface area contributed by atoms with Crippen LogP contribution in [0.3, 0.4) is 0 Å². The largest absolute Gasteiger partial charge is 0.478 e. The Hall–Kier alpha value is -4.13. The second-order valence-electron chi connectivity index (χ2n) is 8.14. The third-order valence-corrected chi connectivity index (χ3v) is 6.01.